The molecule has 2 aliphatic rings. The fourth-order valence-corrected chi connectivity index (χ4v) is 8.79. The smallest absolute Gasteiger partial charge is 0.252 e. The minimum atomic E-state index is 0.101. The molecule has 0 bridgehead atoms. The van der Waals surface area contributed by atoms with Crippen molar-refractivity contribution in [2.24, 2.45) is 0 Å². The Morgan fingerprint density at radius 1 is 0.286 bits per heavy atom. The van der Waals surface area contributed by atoms with E-state index in [0.717, 1.165) is 0 Å². The molecule has 226 valence electrons. The molecule has 2 heterocycles. The van der Waals surface area contributed by atoms with Gasteiger partial charge in [0, 0.05) is 33.5 Å². The number of rotatable bonds is 2. The Morgan fingerprint density at radius 3 is 1.14 bits per heavy atom. The highest BCUT2D eigenvalue weighted by atomic mass is 15.2. The second-order valence-electron chi connectivity index (χ2n) is 13.3. The maximum Gasteiger partial charge on any atom is 0.252 e. The standard InChI is InChI=1S/C46H29BN2/c1-3-16-32-30(14-1)28-44(36-20-7-5-18-34(32)36)48-40-24-11-9-22-38(40)47-39-23-10-12-25-41(39)49(43-27-13-26-42(48)46(43)47)45-29-31-15-2-4-17-33(31)35-19-6-8-21-37(35)45/h1-29H. The molecule has 0 amide bonds. The van der Waals surface area contributed by atoms with E-state index in [1.165, 1.54) is 93.6 Å². The number of fused-ring (bicyclic) bond motifs is 10. The molecule has 2 nitrogen and oxygen atoms in total. The van der Waals surface area contributed by atoms with Crippen molar-refractivity contribution in [2.75, 3.05) is 9.80 Å². The number of anilines is 6. The highest BCUT2D eigenvalue weighted by Gasteiger charge is 2.43. The Hall–Kier alpha value is -6.32. The topological polar surface area (TPSA) is 6.48 Å². The van der Waals surface area contributed by atoms with Gasteiger partial charge in [-0.05, 0) is 85.1 Å². The van der Waals surface area contributed by atoms with Crippen LogP contribution in [0, 0.1) is 0 Å². The highest BCUT2D eigenvalue weighted by molar-refractivity contribution is 7.00. The monoisotopic (exact) mass is 620 g/mol. The van der Waals surface area contributed by atoms with Gasteiger partial charge in [-0.15, -0.1) is 0 Å². The van der Waals surface area contributed by atoms with E-state index in [4.69, 9.17) is 0 Å². The van der Waals surface area contributed by atoms with E-state index < -0.39 is 0 Å². The summed E-state index contributed by atoms with van der Waals surface area (Å²) in [6.07, 6.45) is 0. The zero-order valence-electron chi connectivity index (χ0n) is 26.7. The van der Waals surface area contributed by atoms with E-state index in [-0.39, 0.29) is 6.71 Å². The van der Waals surface area contributed by atoms with Gasteiger partial charge in [0.1, 0.15) is 0 Å². The third-order valence-corrected chi connectivity index (χ3v) is 10.8. The second kappa shape index (κ2) is 10.1. The number of para-hydroxylation sites is 2. The lowest BCUT2D eigenvalue weighted by atomic mass is 9.33. The first-order valence-corrected chi connectivity index (χ1v) is 17.1. The number of nitrogens with zero attached hydrogens (tertiary/aromatic N) is 2. The summed E-state index contributed by atoms with van der Waals surface area (Å²) in [6, 6.07) is 65.1. The fraction of sp³-hybridized carbons (Fsp3) is 0. The van der Waals surface area contributed by atoms with Crippen LogP contribution >= 0.6 is 0 Å². The Balaban J connectivity index is 1.25. The molecule has 11 rings (SSSR count). The van der Waals surface area contributed by atoms with Gasteiger partial charge in [0.05, 0.1) is 11.4 Å². The van der Waals surface area contributed by atoms with Crippen molar-refractivity contribution in [2.45, 2.75) is 0 Å². The largest absolute Gasteiger partial charge is 0.311 e. The first kappa shape index (κ1) is 26.7. The first-order chi connectivity index (χ1) is 24.3. The highest BCUT2D eigenvalue weighted by Crippen LogP contribution is 2.48. The molecule has 9 aromatic carbocycles. The zero-order chi connectivity index (χ0) is 32.1. The normalized spacial score (nSPS) is 13.2. The van der Waals surface area contributed by atoms with Crippen LogP contribution in [-0.4, -0.2) is 6.71 Å². The molecule has 0 saturated carbocycles. The van der Waals surface area contributed by atoms with Gasteiger partial charge in [-0.3, -0.25) is 0 Å². The molecular formula is C46H29BN2. The summed E-state index contributed by atoms with van der Waals surface area (Å²) in [5.41, 5.74) is 11.3. The average Bonchev–Trinajstić information content (AvgIpc) is 3.17. The molecule has 0 radical (unpaired) electrons. The summed E-state index contributed by atoms with van der Waals surface area (Å²) in [4.78, 5) is 5.06. The predicted molar refractivity (Wildman–Crippen MR) is 210 cm³/mol. The molecule has 0 unspecified atom stereocenters. The van der Waals surface area contributed by atoms with E-state index in [2.05, 4.69) is 186 Å². The van der Waals surface area contributed by atoms with E-state index in [9.17, 15) is 0 Å². The van der Waals surface area contributed by atoms with E-state index >= 15 is 0 Å². The van der Waals surface area contributed by atoms with Crippen molar-refractivity contribution in [3.63, 3.8) is 0 Å². The molecule has 0 N–H and O–H groups in total. The lowest BCUT2D eigenvalue weighted by molar-refractivity contribution is 1.27. The van der Waals surface area contributed by atoms with Crippen LogP contribution in [0.2, 0.25) is 0 Å². The van der Waals surface area contributed by atoms with Gasteiger partial charge < -0.3 is 9.80 Å². The maximum atomic E-state index is 2.53. The van der Waals surface area contributed by atoms with Gasteiger partial charge in [-0.1, -0.05) is 140 Å². The molecular weight excluding hydrogens is 591 g/mol. The van der Waals surface area contributed by atoms with Crippen LogP contribution in [0.3, 0.4) is 0 Å². The van der Waals surface area contributed by atoms with Crippen LogP contribution in [0.1, 0.15) is 0 Å². The number of hydrogen-bond donors (Lipinski definition) is 0. The maximum absolute atomic E-state index is 2.53. The van der Waals surface area contributed by atoms with Crippen molar-refractivity contribution >= 4 is 100 Å². The molecule has 0 aliphatic carbocycles. The van der Waals surface area contributed by atoms with Crippen LogP contribution in [-0.2, 0) is 0 Å². The quantitative estimate of drug-likeness (QED) is 0.140. The number of hydrogen-bond acceptors (Lipinski definition) is 2. The van der Waals surface area contributed by atoms with Crippen molar-refractivity contribution in [1.82, 2.24) is 0 Å². The lowest BCUT2D eigenvalue weighted by Crippen LogP contribution is -2.61. The molecule has 2 aliphatic heterocycles. The average molecular weight is 621 g/mol. The third kappa shape index (κ3) is 3.67. The van der Waals surface area contributed by atoms with Gasteiger partial charge in [0.2, 0.25) is 0 Å². The van der Waals surface area contributed by atoms with Crippen LogP contribution < -0.4 is 26.2 Å². The Morgan fingerprint density at radius 2 is 0.653 bits per heavy atom. The molecule has 49 heavy (non-hydrogen) atoms. The summed E-state index contributed by atoms with van der Waals surface area (Å²) in [7, 11) is 0. The van der Waals surface area contributed by atoms with Crippen LogP contribution in [0.4, 0.5) is 34.1 Å². The molecule has 0 aromatic heterocycles. The van der Waals surface area contributed by atoms with Crippen LogP contribution in [0.5, 0.6) is 0 Å². The zero-order valence-corrected chi connectivity index (χ0v) is 26.7. The summed E-state index contributed by atoms with van der Waals surface area (Å²) >= 11 is 0. The van der Waals surface area contributed by atoms with Crippen LogP contribution in [0.15, 0.2) is 176 Å². The van der Waals surface area contributed by atoms with Crippen molar-refractivity contribution in [3.05, 3.63) is 176 Å². The molecule has 3 heteroatoms. The van der Waals surface area contributed by atoms with E-state index in [1.54, 1.807) is 0 Å². The van der Waals surface area contributed by atoms with Crippen molar-refractivity contribution in [3.8, 4) is 0 Å². The molecule has 0 atom stereocenters. The van der Waals surface area contributed by atoms with Crippen molar-refractivity contribution in [1.29, 1.82) is 0 Å². The first-order valence-electron chi connectivity index (χ1n) is 17.1. The number of benzene rings is 9. The summed E-state index contributed by atoms with van der Waals surface area (Å²) in [5.74, 6) is 0. The fourth-order valence-electron chi connectivity index (χ4n) is 8.79. The summed E-state index contributed by atoms with van der Waals surface area (Å²) in [5, 5.41) is 10.1. The Kier molecular flexibility index (Phi) is 5.50. The SMILES string of the molecule is c1ccc2c(c1)B1c3ccccc3N(c3cc4ccccc4c4ccccc34)c3cccc(c31)N2c1cc2ccccc2c2ccccc12. The lowest BCUT2D eigenvalue weighted by Gasteiger charge is -2.44. The predicted octanol–water partition coefficient (Wildman–Crippen LogP) is 10.4. The molecule has 9 aromatic rings. The molecule has 0 fully saturated rings. The van der Waals surface area contributed by atoms with Crippen molar-refractivity contribution < 1.29 is 0 Å². The van der Waals surface area contributed by atoms with Gasteiger partial charge in [0.25, 0.3) is 6.71 Å². The van der Waals surface area contributed by atoms with Crippen LogP contribution in [0.25, 0.3) is 43.1 Å². The van der Waals surface area contributed by atoms with Gasteiger partial charge >= 0.3 is 0 Å². The van der Waals surface area contributed by atoms with Gasteiger partial charge in [0.15, 0.2) is 0 Å². The molecule has 0 saturated heterocycles. The Bertz CT molecular complexity index is 2630. The summed E-state index contributed by atoms with van der Waals surface area (Å²) < 4.78 is 0. The van der Waals surface area contributed by atoms with Gasteiger partial charge in [-0.2, -0.15) is 0 Å². The minimum absolute atomic E-state index is 0.101. The minimum Gasteiger partial charge on any atom is -0.311 e. The second-order valence-corrected chi connectivity index (χ2v) is 13.3. The Labute approximate surface area is 285 Å². The van der Waals surface area contributed by atoms with E-state index in [0.29, 0.717) is 0 Å². The van der Waals surface area contributed by atoms with Gasteiger partial charge in [-0.25, -0.2) is 0 Å². The summed E-state index contributed by atoms with van der Waals surface area (Å²) in [6.45, 7) is 0.101. The van der Waals surface area contributed by atoms with E-state index in [1.807, 2.05) is 0 Å². The molecule has 0 spiro atoms. The third-order valence-electron chi connectivity index (χ3n) is 10.8.